The number of fused-ring (bicyclic) bond motifs is 2. The van der Waals surface area contributed by atoms with E-state index in [2.05, 4.69) is 21.3 Å². The quantitative estimate of drug-likeness (QED) is 0.395. The normalized spacial score (nSPS) is 18.1. The highest BCUT2D eigenvalue weighted by Crippen LogP contribution is 2.38. The van der Waals surface area contributed by atoms with Crippen molar-refractivity contribution in [2.24, 2.45) is 11.7 Å². The van der Waals surface area contributed by atoms with Gasteiger partial charge in [0.15, 0.2) is 5.82 Å². The Morgan fingerprint density at radius 2 is 2.03 bits per heavy atom. The van der Waals surface area contributed by atoms with Crippen LogP contribution in [0.2, 0.25) is 0 Å². The van der Waals surface area contributed by atoms with Crippen LogP contribution >= 0.6 is 0 Å². The van der Waals surface area contributed by atoms with E-state index in [0.717, 1.165) is 53.0 Å². The lowest BCUT2D eigenvalue weighted by Crippen LogP contribution is -2.45. The summed E-state index contributed by atoms with van der Waals surface area (Å²) < 4.78 is 15.8. The summed E-state index contributed by atoms with van der Waals surface area (Å²) in [5.74, 6) is 2.09. The lowest BCUT2D eigenvalue weighted by molar-refractivity contribution is 0.0708. The van der Waals surface area contributed by atoms with Crippen molar-refractivity contribution in [2.45, 2.75) is 44.8 Å². The van der Waals surface area contributed by atoms with Gasteiger partial charge in [-0.2, -0.15) is 0 Å². The Labute approximate surface area is 216 Å². The van der Waals surface area contributed by atoms with Crippen LogP contribution in [0, 0.1) is 5.92 Å². The number of nitrogens with zero attached hydrogens (tertiary/aromatic N) is 5. The summed E-state index contributed by atoms with van der Waals surface area (Å²) in [4.78, 5) is 25.1. The zero-order chi connectivity index (χ0) is 25.5. The third-order valence-corrected chi connectivity index (χ3v) is 7.56. The van der Waals surface area contributed by atoms with Crippen molar-refractivity contribution in [3.8, 4) is 17.3 Å². The van der Waals surface area contributed by atoms with Gasteiger partial charge in [-0.05, 0) is 61.9 Å². The molecule has 1 aliphatic heterocycles. The van der Waals surface area contributed by atoms with E-state index in [9.17, 15) is 4.79 Å². The largest absolute Gasteiger partial charge is 0.494 e. The number of carbonyl (C=O) groups is 1. The second kappa shape index (κ2) is 9.79. The number of methoxy groups -OCH3 is 2. The highest BCUT2D eigenvalue weighted by Gasteiger charge is 2.28. The first kappa shape index (κ1) is 23.9. The summed E-state index contributed by atoms with van der Waals surface area (Å²) in [6, 6.07) is 9.97. The monoisotopic (exact) mass is 502 g/mol. The summed E-state index contributed by atoms with van der Waals surface area (Å²) in [5.41, 5.74) is 10.3. The van der Waals surface area contributed by atoms with E-state index in [0.29, 0.717) is 43.5 Å². The van der Waals surface area contributed by atoms with Gasteiger partial charge in [-0.25, -0.2) is 9.97 Å². The molecule has 1 atom stereocenters. The molecule has 194 valence electrons. The predicted octanol–water partition coefficient (Wildman–Crippen LogP) is 3.68. The average Bonchev–Trinajstić information content (AvgIpc) is 3.56. The molecule has 3 aromatic heterocycles. The third-order valence-electron chi connectivity index (χ3n) is 7.56. The van der Waals surface area contributed by atoms with Crippen molar-refractivity contribution in [3.63, 3.8) is 0 Å². The molecule has 37 heavy (non-hydrogen) atoms. The van der Waals surface area contributed by atoms with Gasteiger partial charge in [0.25, 0.3) is 5.91 Å². The molecule has 1 amide bonds. The van der Waals surface area contributed by atoms with Crippen molar-refractivity contribution in [1.29, 1.82) is 0 Å². The molecule has 4 heterocycles. The number of aromatic nitrogens is 4. The highest BCUT2D eigenvalue weighted by atomic mass is 16.5. The minimum absolute atomic E-state index is 0.0187. The van der Waals surface area contributed by atoms with Gasteiger partial charge in [-0.3, -0.25) is 4.79 Å². The predicted molar refractivity (Wildman–Crippen MR) is 143 cm³/mol. The number of benzene rings is 1. The molecule has 4 aromatic rings. The number of pyridine rings is 1. The fourth-order valence-electron chi connectivity index (χ4n) is 5.50. The standard InChI is InChI=1S/C28H34N6O3/c1-36-12-11-33-25-22(13-20(15-24(25)37-2)28(35)32-10-4-6-21(29)17-32)31-27(33)23-14-19-5-3-9-30-26(19)34(23)16-18-7-8-18/h3,5,9,13-15,18,21H,4,6-8,10-12,16-17,29H2,1-2H3/t21-/m1/s1. The lowest BCUT2D eigenvalue weighted by Gasteiger charge is -2.30. The number of ether oxygens (including phenoxy) is 2. The highest BCUT2D eigenvalue weighted by molar-refractivity contribution is 6.00. The van der Waals surface area contributed by atoms with E-state index in [-0.39, 0.29) is 11.9 Å². The number of piperidine rings is 1. The van der Waals surface area contributed by atoms with Gasteiger partial charge in [0.05, 0.1) is 24.9 Å². The first-order chi connectivity index (χ1) is 18.1. The number of amides is 1. The van der Waals surface area contributed by atoms with Gasteiger partial charge >= 0.3 is 0 Å². The van der Waals surface area contributed by atoms with Gasteiger partial charge in [0, 0.05) is 56.5 Å². The van der Waals surface area contributed by atoms with Crippen LogP contribution in [-0.2, 0) is 17.8 Å². The number of hydrogen-bond donors (Lipinski definition) is 1. The smallest absolute Gasteiger partial charge is 0.254 e. The maximum absolute atomic E-state index is 13.4. The van der Waals surface area contributed by atoms with E-state index in [1.54, 1.807) is 14.2 Å². The zero-order valence-corrected chi connectivity index (χ0v) is 21.5. The van der Waals surface area contributed by atoms with E-state index in [1.807, 2.05) is 29.3 Å². The van der Waals surface area contributed by atoms with Crippen molar-refractivity contribution in [1.82, 2.24) is 24.0 Å². The minimum Gasteiger partial charge on any atom is -0.494 e. The molecular formula is C28H34N6O3. The Hall–Kier alpha value is -3.43. The summed E-state index contributed by atoms with van der Waals surface area (Å²) in [7, 11) is 3.34. The summed E-state index contributed by atoms with van der Waals surface area (Å²) in [5, 5.41) is 1.09. The Bertz CT molecular complexity index is 1450. The van der Waals surface area contributed by atoms with E-state index < -0.39 is 0 Å². The van der Waals surface area contributed by atoms with E-state index >= 15 is 0 Å². The van der Waals surface area contributed by atoms with E-state index in [1.165, 1.54) is 12.8 Å². The van der Waals surface area contributed by atoms with Crippen LogP contribution < -0.4 is 10.5 Å². The first-order valence-corrected chi connectivity index (χ1v) is 13.1. The molecule has 9 nitrogen and oxygen atoms in total. The number of nitrogens with two attached hydrogens (primary N) is 1. The Morgan fingerprint density at radius 1 is 1.16 bits per heavy atom. The van der Waals surface area contributed by atoms with E-state index in [4.69, 9.17) is 25.2 Å². The molecule has 0 radical (unpaired) electrons. The molecule has 2 aliphatic rings. The third kappa shape index (κ3) is 4.46. The Morgan fingerprint density at radius 3 is 2.78 bits per heavy atom. The van der Waals surface area contributed by atoms with Crippen molar-refractivity contribution < 1.29 is 14.3 Å². The molecule has 0 bridgehead atoms. The molecule has 1 saturated heterocycles. The van der Waals surface area contributed by atoms with Crippen molar-refractivity contribution >= 4 is 28.0 Å². The number of imidazole rings is 1. The molecular weight excluding hydrogens is 468 g/mol. The molecule has 9 heteroatoms. The summed E-state index contributed by atoms with van der Waals surface area (Å²) >= 11 is 0. The number of rotatable bonds is 8. The molecule has 6 rings (SSSR count). The maximum Gasteiger partial charge on any atom is 0.254 e. The first-order valence-electron chi connectivity index (χ1n) is 13.1. The van der Waals surface area contributed by atoms with Crippen LogP contribution in [0.25, 0.3) is 33.6 Å². The fraction of sp³-hybridized carbons (Fsp3) is 0.464. The van der Waals surface area contributed by atoms with Gasteiger partial charge in [-0.15, -0.1) is 0 Å². The van der Waals surface area contributed by atoms with Crippen LogP contribution in [0.5, 0.6) is 5.75 Å². The zero-order valence-electron chi connectivity index (χ0n) is 21.5. The minimum atomic E-state index is -0.0320. The molecule has 2 fully saturated rings. The number of carbonyl (C=O) groups excluding carboxylic acids is 1. The lowest BCUT2D eigenvalue weighted by atomic mass is 10.0. The molecule has 1 aliphatic carbocycles. The van der Waals surface area contributed by atoms with Gasteiger partial charge in [0.2, 0.25) is 0 Å². The second-order valence-corrected chi connectivity index (χ2v) is 10.3. The van der Waals surface area contributed by atoms with Crippen LogP contribution in [0.4, 0.5) is 0 Å². The molecule has 2 N–H and O–H groups in total. The molecule has 1 saturated carbocycles. The number of hydrogen-bond acceptors (Lipinski definition) is 6. The Balaban J connectivity index is 1.51. The van der Waals surface area contributed by atoms with Crippen LogP contribution in [0.15, 0.2) is 36.5 Å². The summed E-state index contributed by atoms with van der Waals surface area (Å²) in [6.45, 7) is 3.33. The topological polar surface area (TPSA) is 100 Å². The molecule has 0 unspecified atom stereocenters. The second-order valence-electron chi connectivity index (χ2n) is 10.3. The maximum atomic E-state index is 13.4. The van der Waals surface area contributed by atoms with Crippen LogP contribution in [-0.4, -0.2) is 69.9 Å². The van der Waals surface area contributed by atoms with Crippen molar-refractivity contribution in [3.05, 3.63) is 42.1 Å². The average molecular weight is 503 g/mol. The van der Waals surface area contributed by atoms with Crippen LogP contribution in [0.1, 0.15) is 36.0 Å². The Kier molecular flexibility index (Phi) is 6.34. The van der Waals surface area contributed by atoms with Gasteiger partial charge < -0.3 is 29.2 Å². The van der Waals surface area contributed by atoms with Gasteiger partial charge in [-0.1, -0.05) is 0 Å². The SMILES string of the molecule is COCCn1c(-c2cc3cccnc3n2CC2CC2)nc2cc(C(=O)N3CCC[C@@H](N)C3)cc(OC)c21. The molecule has 1 aromatic carbocycles. The summed E-state index contributed by atoms with van der Waals surface area (Å²) in [6.07, 6.45) is 6.19. The van der Waals surface area contributed by atoms with Crippen molar-refractivity contribution in [2.75, 3.05) is 33.9 Å². The fourth-order valence-corrected chi connectivity index (χ4v) is 5.50. The van der Waals surface area contributed by atoms with Crippen LogP contribution in [0.3, 0.4) is 0 Å². The van der Waals surface area contributed by atoms with Gasteiger partial charge in [0.1, 0.15) is 16.9 Å². The number of likely N-dealkylation sites (tertiary alicyclic amines) is 1. The molecule has 0 spiro atoms.